The maximum Gasteiger partial charge on any atom is 0.272 e. The number of benzene rings is 1. The number of carbonyl (C=O) groups excluding carboxylic acids is 1. The van der Waals surface area contributed by atoms with Crippen molar-refractivity contribution < 1.29 is 9.53 Å². The minimum atomic E-state index is -0.187. The first-order valence-electron chi connectivity index (χ1n) is 7.60. The normalized spacial score (nSPS) is 14.9. The molecule has 0 saturated carbocycles. The first-order chi connectivity index (χ1) is 11.1. The van der Waals surface area contributed by atoms with Gasteiger partial charge in [-0.3, -0.25) is 9.89 Å². The molecule has 1 aliphatic heterocycles. The summed E-state index contributed by atoms with van der Waals surface area (Å²) < 4.78 is 5.74. The van der Waals surface area contributed by atoms with Gasteiger partial charge in [-0.25, -0.2) is 0 Å². The van der Waals surface area contributed by atoms with Gasteiger partial charge in [0.15, 0.2) is 5.69 Å². The zero-order chi connectivity index (χ0) is 16.2. The van der Waals surface area contributed by atoms with Crippen LogP contribution in [0.25, 0.3) is 0 Å². The molecule has 1 aliphatic rings. The number of hydrogen-bond acceptors (Lipinski definition) is 4. The van der Waals surface area contributed by atoms with E-state index in [1.807, 2.05) is 19.1 Å². The summed E-state index contributed by atoms with van der Waals surface area (Å²) in [6.45, 7) is 3.85. The molecule has 3 rings (SSSR count). The molecule has 0 aliphatic carbocycles. The summed E-state index contributed by atoms with van der Waals surface area (Å²) in [6.07, 6.45) is 0.689. The van der Waals surface area contributed by atoms with Crippen LogP contribution in [0.4, 0.5) is 0 Å². The Morgan fingerprint density at radius 2 is 2.39 bits per heavy atom. The largest absolute Gasteiger partial charge is 0.489 e. The van der Waals surface area contributed by atoms with Crippen LogP contribution in [0.2, 0.25) is 5.02 Å². The van der Waals surface area contributed by atoms with E-state index in [9.17, 15) is 4.79 Å². The summed E-state index contributed by atoms with van der Waals surface area (Å²) in [6, 6.07) is 7.19. The molecule has 0 radical (unpaired) electrons. The molecule has 0 spiro atoms. The van der Waals surface area contributed by atoms with E-state index >= 15 is 0 Å². The number of rotatable bonds is 5. The molecule has 0 fully saturated rings. The van der Waals surface area contributed by atoms with Gasteiger partial charge >= 0.3 is 0 Å². The van der Waals surface area contributed by atoms with Crippen molar-refractivity contribution >= 4 is 17.5 Å². The van der Waals surface area contributed by atoms with Gasteiger partial charge in [-0.1, -0.05) is 17.7 Å². The zero-order valence-electron chi connectivity index (χ0n) is 12.9. The standard InChI is InChI=1S/C16H19ClN4O2/c1-10(23-12-4-2-3-11(17)7-12)8-19-16(22)15-13-9-18-6-5-14(13)20-21-15/h2-4,7,10,18H,5-6,8-9H2,1H3,(H,19,22)(H,20,21). The van der Waals surface area contributed by atoms with Crippen LogP contribution in [-0.4, -0.2) is 35.3 Å². The van der Waals surface area contributed by atoms with Crippen molar-refractivity contribution in [1.29, 1.82) is 0 Å². The molecule has 1 amide bonds. The molecule has 2 heterocycles. The zero-order valence-corrected chi connectivity index (χ0v) is 13.6. The Hall–Kier alpha value is -2.05. The Morgan fingerprint density at radius 1 is 1.52 bits per heavy atom. The van der Waals surface area contributed by atoms with Crippen LogP contribution < -0.4 is 15.4 Å². The minimum Gasteiger partial charge on any atom is -0.489 e. The molecular weight excluding hydrogens is 316 g/mol. The van der Waals surface area contributed by atoms with Gasteiger partial charge in [0.1, 0.15) is 11.9 Å². The average molecular weight is 335 g/mol. The Balaban J connectivity index is 1.55. The summed E-state index contributed by atoms with van der Waals surface area (Å²) in [4.78, 5) is 12.3. The second-order valence-corrected chi connectivity index (χ2v) is 5.99. The molecule has 1 aromatic carbocycles. The topological polar surface area (TPSA) is 79.0 Å². The van der Waals surface area contributed by atoms with Crippen LogP contribution in [0, 0.1) is 0 Å². The number of nitrogens with zero attached hydrogens (tertiary/aromatic N) is 1. The van der Waals surface area contributed by atoms with Gasteiger partial charge in [0.05, 0.1) is 6.54 Å². The molecule has 122 valence electrons. The number of H-pyrrole nitrogens is 1. The molecule has 3 N–H and O–H groups in total. The van der Waals surface area contributed by atoms with Crippen molar-refractivity contribution in [2.45, 2.75) is 26.0 Å². The Kier molecular flexibility index (Phi) is 4.83. The molecule has 7 heteroatoms. The Morgan fingerprint density at radius 3 is 3.22 bits per heavy atom. The predicted octanol–water partition coefficient (Wildman–Crippen LogP) is 1.91. The third-order valence-corrected chi connectivity index (χ3v) is 3.94. The molecular formula is C16H19ClN4O2. The first kappa shape index (κ1) is 15.8. The number of aromatic nitrogens is 2. The van der Waals surface area contributed by atoms with Crippen LogP contribution in [0.1, 0.15) is 28.7 Å². The molecule has 6 nitrogen and oxygen atoms in total. The lowest BCUT2D eigenvalue weighted by Gasteiger charge is -2.16. The van der Waals surface area contributed by atoms with E-state index in [4.69, 9.17) is 16.3 Å². The van der Waals surface area contributed by atoms with Crippen LogP contribution >= 0.6 is 11.6 Å². The van der Waals surface area contributed by atoms with Gasteiger partial charge in [-0.15, -0.1) is 0 Å². The second-order valence-electron chi connectivity index (χ2n) is 5.55. The molecule has 1 atom stereocenters. The third-order valence-electron chi connectivity index (χ3n) is 3.70. The molecule has 1 unspecified atom stereocenters. The van der Waals surface area contributed by atoms with E-state index in [1.165, 1.54) is 0 Å². The third kappa shape index (κ3) is 3.83. The SMILES string of the molecule is CC(CNC(=O)c1n[nH]c2c1CNCC2)Oc1cccc(Cl)c1. The highest BCUT2D eigenvalue weighted by Crippen LogP contribution is 2.18. The molecule has 23 heavy (non-hydrogen) atoms. The Labute approximate surface area is 139 Å². The number of ether oxygens (including phenoxy) is 1. The van der Waals surface area contributed by atoms with E-state index in [2.05, 4.69) is 20.8 Å². The van der Waals surface area contributed by atoms with Gasteiger partial charge in [0.2, 0.25) is 0 Å². The molecule has 2 aromatic rings. The fourth-order valence-corrected chi connectivity index (χ4v) is 2.73. The van der Waals surface area contributed by atoms with Crippen LogP contribution in [0.15, 0.2) is 24.3 Å². The van der Waals surface area contributed by atoms with Crippen LogP contribution in [-0.2, 0) is 13.0 Å². The number of amides is 1. The molecule has 1 aromatic heterocycles. The number of fused-ring (bicyclic) bond motifs is 1. The maximum atomic E-state index is 12.3. The average Bonchev–Trinajstić information content (AvgIpc) is 2.97. The highest BCUT2D eigenvalue weighted by Gasteiger charge is 2.21. The monoisotopic (exact) mass is 334 g/mol. The van der Waals surface area contributed by atoms with Gasteiger partial charge in [0, 0.05) is 35.8 Å². The van der Waals surface area contributed by atoms with Gasteiger partial charge < -0.3 is 15.4 Å². The highest BCUT2D eigenvalue weighted by atomic mass is 35.5. The second kappa shape index (κ2) is 7.02. The number of hydrogen-bond donors (Lipinski definition) is 3. The summed E-state index contributed by atoms with van der Waals surface area (Å²) in [5, 5.41) is 13.8. The first-order valence-corrected chi connectivity index (χ1v) is 7.98. The number of nitrogens with one attached hydrogen (secondary N) is 3. The van der Waals surface area contributed by atoms with E-state index < -0.39 is 0 Å². The quantitative estimate of drug-likeness (QED) is 0.780. The smallest absolute Gasteiger partial charge is 0.272 e. The van der Waals surface area contributed by atoms with E-state index in [-0.39, 0.29) is 12.0 Å². The number of aromatic amines is 1. The van der Waals surface area contributed by atoms with Crippen LogP contribution in [0.5, 0.6) is 5.75 Å². The summed E-state index contributed by atoms with van der Waals surface area (Å²) in [5.74, 6) is 0.494. The van der Waals surface area contributed by atoms with Crippen molar-refractivity contribution in [3.05, 3.63) is 46.2 Å². The lowest BCUT2D eigenvalue weighted by atomic mass is 10.1. The van der Waals surface area contributed by atoms with Crippen molar-refractivity contribution in [2.24, 2.45) is 0 Å². The van der Waals surface area contributed by atoms with Gasteiger partial charge in [-0.2, -0.15) is 5.10 Å². The summed E-state index contributed by atoms with van der Waals surface area (Å²) in [7, 11) is 0. The maximum absolute atomic E-state index is 12.3. The van der Waals surface area contributed by atoms with Crippen LogP contribution in [0.3, 0.4) is 0 Å². The van der Waals surface area contributed by atoms with E-state index in [1.54, 1.807) is 12.1 Å². The lowest BCUT2D eigenvalue weighted by molar-refractivity contribution is 0.0926. The highest BCUT2D eigenvalue weighted by molar-refractivity contribution is 6.30. The fraction of sp³-hybridized carbons (Fsp3) is 0.375. The number of halogens is 1. The van der Waals surface area contributed by atoms with Crippen molar-refractivity contribution in [3.63, 3.8) is 0 Å². The minimum absolute atomic E-state index is 0.176. The fourth-order valence-electron chi connectivity index (χ4n) is 2.55. The van der Waals surface area contributed by atoms with Crippen molar-refractivity contribution in [3.8, 4) is 5.75 Å². The van der Waals surface area contributed by atoms with E-state index in [0.29, 0.717) is 29.6 Å². The summed E-state index contributed by atoms with van der Waals surface area (Å²) >= 11 is 5.92. The van der Waals surface area contributed by atoms with E-state index in [0.717, 1.165) is 24.2 Å². The molecule has 0 bridgehead atoms. The van der Waals surface area contributed by atoms with Crippen molar-refractivity contribution in [2.75, 3.05) is 13.1 Å². The van der Waals surface area contributed by atoms with Gasteiger partial charge in [0.25, 0.3) is 5.91 Å². The summed E-state index contributed by atoms with van der Waals surface area (Å²) in [5.41, 5.74) is 2.46. The van der Waals surface area contributed by atoms with Crippen molar-refractivity contribution in [1.82, 2.24) is 20.8 Å². The van der Waals surface area contributed by atoms with Gasteiger partial charge in [-0.05, 0) is 25.1 Å². The number of carbonyl (C=O) groups is 1. The predicted molar refractivity (Wildman–Crippen MR) is 87.9 cm³/mol. The lowest BCUT2D eigenvalue weighted by Crippen LogP contribution is -2.35. The Bertz CT molecular complexity index is 701. The molecule has 0 saturated heterocycles.